The number of hydrogen-bond acceptors (Lipinski definition) is 5. The van der Waals surface area contributed by atoms with Gasteiger partial charge in [0.25, 0.3) is 0 Å². The zero-order chi connectivity index (χ0) is 20.0. The Balaban J connectivity index is 2.07. The molecule has 1 fully saturated rings. The molecule has 8 atom stereocenters. The molecule has 0 aromatic carbocycles. The smallest absolute Gasteiger partial charge is 0.199 e. The third-order valence-corrected chi connectivity index (χ3v) is 7.25. The molecule has 3 aliphatic rings. The van der Waals surface area contributed by atoms with E-state index in [0.29, 0.717) is 0 Å². The first-order valence-corrected chi connectivity index (χ1v) is 10.4. The molecule has 0 bridgehead atoms. The van der Waals surface area contributed by atoms with Gasteiger partial charge in [0.2, 0.25) is 0 Å². The van der Waals surface area contributed by atoms with E-state index in [9.17, 15) is 19.8 Å². The van der Waals surface area contributed by atoms with Gasteiger partial charge in [0.05, 0.1) is 12.1 Å². The highest BCUT2D eigenvalue weighted by Crippen LogP contribution is 2.52. The van der Waals surface area contributed by atoms with Crippen LogP contribution in [0.25, 0.3) is 0 Å². The quantitative estimate of drug-likeness (QED) is 0.519. The van der Waals surface area contributed by atoms with Crippen molar-refractivity contribution >= 4 is 11.6 Å². The number of rotatable bonds is 4. The molecular formula is C22H33NO4. The van der Waals surface area contributed by atoms with Gasteiger partial charge in [-0.15, -0.1) is 0 Å². The molecular weight excluding hydrogens is 342 g/mol. The molecule has 0 aromatic heterocycles. The van der Waals surface area contributed by atoms with E-state index in [-0.39, 0.29) is 58.5 Å². The van der Waals surface area contributed by atoms with Crippen LogP contribution < -0.4 is 5.32 Å². The predicted molar refractivity (Wildman–Crippen MR) is 104 cm³/mol. The summed E-state index contributed by atoms with van der Waals surface area (Å²) >= 11 is 0. The molecule has 2 aliphatic carbocycles. The van der Waals surface area contributed by atoms with Gasteiger partial charge in [0.1, 0.15) is 5.57 Å². The molecule has 8 unspecified atom stereocenters. The summed E-state index contributed by atoms with van der Waals surface area (Å²) in [7, 11) is 0. The average molecular weight is 376 g/mol. The lowest BCUT2D eigenvalue weighted by molar-refractivity contribution is -0.131. The Morgan fingerprint density at radius 1 is 1.26 bits per heavy atom. The van der Waals surface area contributed by atoms with E-state index in [0.717, 1.165) is 19.3 Å². The Kier molecular flexibility index (Phi) is 5.53. The lowest BCUT2D eigenvalue weighted by Gasteiger charge is -2.51. The monoisotopic (exact) mass is 375 g/mol. The first kappa shape index (κ1) is 20.1. The van der Waals surface area contributed by atoms with Crippen molar-refractivity contribution in [3.63, 3.8) is 0 Å². The van der Waals surface area contributed by atoms with Crippen molar-refractivity contribution in [3.05, 3.63) is 23.1 Å². The van der Waals surface area contributed by atoms with Crippen LogP contribution in [-0.4, -0.2) is 33.9 Å². The normalized spacial score (nSPS) is 41.9. The third-order valence-electron chi connectivity index (χ3n) is 7.25. The summed E-state index contributed by atoms with van der Waals surface area (Å²) in [6.45, 7) is 9.95. The molecule has 0 amide bonds. The van der Waals surface area contributed by atoms with Crippen LogP contribution in [0.2, 0.25) is 0 Å². The lowest BCUT2D eigenvalue weighted by Crippen LogP contribution is -2.51. The number of carbonyl (C=O) groups is 2. The van der Waals surface area contributed by atoms with E-state index < -0.39 is 12.1 Å². The van der Waals surface area contributed by atoms with Gasteiger partial charge in [-0.05, 0) is 56.3 Å². The molecule has 0 radical (unpaired) electrons. The van der Waals surface area contributed by atoms with Crippen LogP contribution in [0.15, 0.2) is 23.1 Å². The molecule has 1 saturated carbocycles. The second-order valence-corrected chi connectivity index (χ2v) is 8.79. The summed E-state index contributed by atoms with van der Waals surface area (Å²) in [6, 6.07) is -0.570. The summed E-state index contributed by atoms with van der Waals surface area (Å²) < 4.78 is 0. The highest BCUT2D eigenvalue weighted by atomic mass is 16.3. The van der Waals surface area contributed by atoms with Crippen molar-refractivity contribution in [2.75, 3.05) is 0 Å². The van der Waals surface area contributed by atoms with Crippen LogP contribution in [0, 0.1) is 35.5 Å². The second-order valence-electron chi connectivity index (χ2n) is 8.79. The second kappa shape index (κ2) is 7.42. The average Bonchev–Trinajstić information content (AvgIpc) is 2.87. The molecule has 5 heteroatoms. The van der Waals surface area contributed by atoms with Crippen LogP contribution in [0.4, 0.5) is 0 Å². The summed E-state index contributed by atoms with van der Waals surface area (Å²) in [6.07, 6.45) is 4.32. The van der Waals surface area contributed by atoms with Crippen LogP contribution in [0.3, 0.4) is 0 Å². The fourth-order valence-electron chi connectivity index (χ4n) is 5.95. The summed E-state index contributed by atoms with van der Waals surface area (Å²) in [5.41, 5.74) is 1.13. The molecule has 27 heavy (non-hydrogen) atoms. The van der Waals surface area contributed by atoms with Gasteiger partial charge in [-0.25, -0.2) is 0 Å². The molecule has 0 spiro atoms. The van der Waals surface area contributed by atoms with Crippen molar-refractivity contribution in [1.82, 2.24) is 5.32 Å². The standard InChI is InChI=1S/C22H33NO4/c1-6-14-10(3)8-13-9-11(4)19(24)15(7-2)16(13)17(14)21(26)18-20(25)12(5)23-22(18)27/h8,11-17,19,23-24,27H,6-7,9H2,1-5H3. The van der Waals surface area contributed by atoms with Gasteiger partial charge >= 0.3 is 0 Å². The van der Waals surface area contributed by atoms with Crippen molar-refractivity contribution in [2.24, 2.45) is 35.5 Å². The van der Waals surface area contributed by atoms with E-state index >= 15 is 0 Å². The largest absolute Gasteiger partial charge is 0.494 e. The number of aliphatic hydroxyl groups excluding tert-OH is 2. The number of fused-ring (bicyclic) bond motifs is 1. The van der Waals surface area contributed by atoms with Crippen molar-refractivity contribution < 1.29 is 19.8 Å². The minimum Gasteiger partial charge on any atom is -0.494 e. The highest BCUT2D eigenvalue weighted by molar-refractivity contribution is 6.24. The Morgan fingerprint density at radius 3 is 2.44 bits per heavy atom. The van der Waals surface area contributed by atoms with Crippen LogP contribution in [-0.2, 0) is 9.59 Å². The number of allylic oxidation sites excluding steroid dienone is 2. The van der Waals surface area contributed by atoms with Crippen LogP contribution in [0.5, 0.6) is 0 Å². The maximum atomic E-state index is 13.6. The Bertz CT molecular complexity index is 694. The molecule has 5 nitrogen and oxygen atoms in total. The third kappa shape index (κ3) is 3.14. The Morgan fingerprint density at radius 2 is 1.93 bits per heavy atom. The fourth-order valence-corrected chi connectivity index (χ4v) is 5.95. The molecule has 3 rings (SSSR count). The van der Waals surface area contributed by atoms with Gasteiger partial charge in [-0.3, -0.25) is 9.59 Å². The summed E-state index contributed by atoms with van der Waals surface area (Å²) in [5, 5.41) is 23.8. The predicted octanol–water partition coefficient (Wildman–Crippen LogP) is 3.15. The molecule has 1 aliphatic heterocycles. The van der Waals surface area contributed by atoms with Gasteiger partial charge in [-0.1, -0.05) is 38.8 Å². The number of nitrogens with one attached hydrogen (secondary N) is 1. The Hall–Kier alpha value is -1.62. The first-order valence-electron chi connectivity index (χ1n) is 10.4. The van der Waals surface area contributed by atoms with Gasteiger partial charge in [-0.2, -0.15) is 0 Å². The highest BCUT2D eigenvalue weighted by Gasteiger charge is 2.52. The molecule has 0 saturated heterocycles. The van der Waals surface area contributed by atoms with E-state index in [1.54, 1.807) is 6.92 Å². The topological polar surface area (TPSA) is 86.6 Å². The number of aliphatic hydroxyl groups is 2. The minimum absolute atomic E-state index is 0.00589. The van der Waals surface area contributed by atoms with E-state index in [1.807, 2.05) is 0 Å². The fraction of sp³-hybridized carbons (Fsp3) is 0.727. The van der Waals surface area contributed by atoms with Gasteiger partial charge < -0.3 is 15.5 Å². The number of hydrogen-bond donors (Lipinski definition) is 3. The van der Waals surface area contributed by atoms with E-state index in [1.165, 1.54) is 5.57 Å². The zero-order valence-corrected chi connectivity index (χ0v) is 17.0. The van der Waals surface area contributed by atoms with E-state index in [2.05, 4.69) is 39.1 Å². The van der Waals surface area contributed by atoms with Gasteiger partial charge in [0.15, 0.2) is 17.4 Å². The lowest BCUT2D eigenvalue weighted by atomic mass is 9.54. The summed E-state index contributed by atoms with van der Waals surface area (Å²) in [4.78, 5) is 26.1. The van der Waals surface area contributed by atoms with E-state index in [4.69, 9.17) is 0 Å². The number of ketones is 2. The molecule has 1 heterocycles. The first-order chi connectivity index (χ1) is 12.7. The van der Waals surface area contributed by atoms with Gasteiger partial charge in [0, 0.05) is 5.92 Å². The summed E-state index contributed by atoms with van der Waals surface area (Å²) in [5.74, 6) is -0.734. The number of carbonyl (C=O) groups excluding carboxylic acids is 2. The SMILES string of the molecule is CCC1C(C)=CC2CC(C)C(O)C(CC)C2C1C(=O)C1=C(O)NC(C)C1=O. The van der Waals surface area contributed by atoms with Crippen molar-refractivity contribution in [1.29, 1.82) is 0 Å². The Labute approximate surface area is 161 Å². The van der Waals surface area contributed by atoms with Crippen molar-refractivity contribution in [3.8, 4) is 0 Å². The number of Topliss-reactive ketones (excluding diaryl/α,β-unsaturated/α-hetero) is 2. The maximum absolute atomic E-state index is 13.6. The van der Waals surface area contributed by atoms with Crippen LogP contribution >= 0.6 is 0 Å². The minimum atomic E-state index is -0.570. The molecule has 3 N–H and O–H groups in total. The molecule has 0 aromatic rings. The maximum Gasteiger partial charge on any atom is 0.199 e. The molecule has 150 valence electrons. The van der Waals surface area contributed by atoms with Crippen LogP contribution in [0.1, 0.15) is 53.9 Å². The van der Waals surface area contributed by atoms with Crippen molar-refractivity contribution in [2.45, 2.75) is 66.0 Å². The zero-order valence-electron chi connectivity index (χ0n) is 17.0.